The maximum absolute atomic E-state index is 12.4. The Bertz CT molecular complexity index is 1420. The van der Waals surface area contributed by atoms with Crippen LogP contribution in [0.4, 0.5) is 11.5 Å². The molecule has 0 fully saturated rings. The minimum atomic E-state index is -0.220. The van der Waals surface area contributed by atoms with E-state index in [0.717, 1.165) is 18.8 Å². The molecule has 3 aromatic heterocycles. The molecule has 1 aromatic carbocycles. The summed E-state index contributed by atoms with van der Waals surface area (Å²) in [6, 6.07) is 12.9. The molecule has 40 heavy (non-hydrogen) atoms. The number of amides is 1. The number of nitrogens with one attached hydrogen (secondary N) is 2. The lowest BCUT2D eigenvalue weighted by Crippen LogP contribution is -2.32. The monoisotopic (exact) mass is 561 g/mol. The van der Waals surface area contributed by atoms with E-state index >= 15 is 0 Å². The van der Waals surface area contributed by atoms with Crippen LogP contribution >= 0.6 is 11.6 Å². The van der Waals surface area contributed by atoms with Gasteiger partial charge in [0.05, 0.1) is 23.7 Å². The number of hydrogen-bond acceptors (Lipinski definition) is 9. The average Bonchev–Trinajstić information content (AvgIpc) is 3.45. The third kappa shape index (κ3) is 7.87. The number of hydrogen-bond donors (Lipinski definition) is 2. The molecule has 2 N–H and O–H groups in total. The molecule has 208 valence electrons. The molecule has 1 amide bonds. The zero-order valence-corrected chi connectivity index (χ0v) is 23.3. The molecule has 0 spiro atoms. The van der Waals surface area contributed by atoms with Gasteiger partial charge in [-0.15, -0.1) is 0 Å². The van der Waals surface area contributed by atoms with Crippen LogP contribution in [0.1, 0.15) is 25.2 Å². The summed E-state index contributed by atoms with van der Waals surface area (Å²) < 4.78 is 11.4. The van der Waals surface area contributed by atoms with Gasteiger partial charge in [-0.3, -0.25) is 14.7 Å². The fourth-order valence-electron chi connectivity index (χ4n) is 3.86. The molecule has 0 aliphatic carbocycles. The number of ether oxygens (including phenoxy) is 1. The number of rotatable bonds is 14. The molecule has 0 unspecified atom stereocenters. The number of carbonyl (C=O) groups excluding carboxylic acids is 1. The minimum Gasteiger partial charge on any atom is -0.492 e. The Morgan fingerprint density at radius 1 is 1.12 bits per heavy atom. The first-order chi connectivity index (χ1) is 19.5. The summed E-state index contributed by atoms with van der Waals surface area (Å²) in [4.78, 5) is 27.4. The van der Waals surface area contributed by atoms with Crippen molar-refractivity contribution in [1.29, 1.82) is 0 Å². The molecule has 0 atom stereocenters. The molecule has 0 saturated carbocycles. The summed E-state index contributed by atoms with van der Waals surface area (Å²) in [5.74, 6) is 1.32. The van der Waals surface area contributed by atoms with Gasteiger partial charge in [0.25, 0.3) is 0 Å². The minimum absolute atomic E-state index is 0.202. The summed E-state index contributed by atoms with van der Waals surface area (Å²) in [5.41, 5.74) is 3.32. The topological polar surface area (TPSA) is 118 Å². The van der Waals surface area contributed by atoms with Crippen LogP contribution in [-0.2, 0) is 17.8 Å². The van der Waals surface area contributed by atoms with E-state index in [9.17, 15) is 4.79 Å². The van der Waals surface area contributed by atoms with E-state index in [1.54, 1.807) is 30.6 Å². The highest BCUT2D eigenvalue weighted by atomic mass is 35.5. The lowest BCUT2D eigenvalue weighted by atomic mass is 10.2. The van der Waals surface area contributed by atoms with Crippen LogP contribution in [0, 0.1) is 0 Å². The summed E-state index contributed by atoms with van der Waals surface area (Å²) >= 11 is 6.48. The zero-order valence-electron chi connectivity index (χ0n) is 22.6. The van der Waals surface area contributed by atoms with Gasteiger partial charge in [-0.2, -0.15) is 0 Å². The fourth-order valence-corrected chi connectivity index (χ4v) is 4.10. The van der Waals surface area contributed by atoms with E-state index in [2.05, 4.69) is 42.2 Å². The number of halogens is 1. The number of pyridine rings is 1. The Labute approximate surface area is 238 Å². The second kappa shape index (κ2) is 14.2. The molecule has 0 saturated heterocycles. The molecule has 0 radical (unpaired) electrons. The maximum atomic E-state index is 12.4. The van der Waals surface area contributed by atoms with Crippen molar-refractivity contribution in [2.75, 3.05) is 31.6 Å². The van der Waals surface area contributed by atoms with Crippen LogP contribution in [0.15, 0.2) is 77.9 Å². The summed E-state index contributed by atoms with van der Waals surface area (Å²) in [5, 5.41) is 10.6. The molecular formula is C29H32ClN7O3. The first-order valence-electron chi connectivity index (χ1n) is 13.0. The third-order valence-corrected chi connectivity index (χ3v) is 6.43. The van der Waals surface area contributed by atoms with Crippen molar-refractivity contribution in [2.45, 2.75) is 26.8 Å². The Hall–Kier alpha value is -4.28. The van der Waals surface area contributed by atoms with Crippen molar-refractivity contribution in [1.82, 2.24) is 30.3 Å². The highest BCUT2D eigenvalue weighted by molar-refractivity contribution is 6.32. The number of nitrogens with zero attached hydrogens (tertiary/aromatic N) is 5. The van der Waals surface area contributed by atoms with Crippen LogP contribution in [-0.4, -0.2) is 57.2 Å². The Kier molecular flexibility index (Phi) is 10.2. The molecule has 4 aromatic rings. The predicted molar refractivity (Wildman–Crippen MR) is 154 cm³/mol. The molecule has 3 heterocycles. The van der Waals surface area contributed by atoms with Gasteiger partial charge in [0.1, 0.15) is 23.6 Å². The van der Waals surface area contributed by atoms with E-state index in [1.165, 1.54) is 6.33 Å². The highest BCUT2D eigenvalue weighted by Crippen LogP contribution is 2.32. The second-order valence-corrected chi connectivity index (χ2v) is 9.31. The molecule has 11 heteroatoms. The summed E-state index contributed by atoms with van der Waals surface area (Å²) in [7, 11) is 0. The number of aromatic nitrogens is 4. The van der Waals surface area contributed by atoms with Crippen molar-refractivity contribution in [3.8, 4) is 17.1 Å². The van der Waals surface area contributed by atoms with Crippen molar-refractivity contribution < 1.29 is 14.1 Å². The van der Waals surface area contributed by atoms with Gasteiger partial charge in [-0.05, 0) is 43.4 Å². The smallest absolute Gasteiger partial charge is 0.248 e. The van der Waals surface area contributed by atoms with Gasteiger partial charge in [-0.25, -0.2) is 9.97 Å². The highest BCUT2D eigenvalue weighted by Gasteiger charge is 2.16. The first-order valence-corrected chi connectivity index (χ1v) is 13.4. The number of benzene rings is 1. The van der Waals surface area contributed by atoms with Gasteiger partial charge in [-0.1, -0.05) is 43.3 Å². The Balaban J connectivity index is 1.36. The van der Waals surface area contributed by atoms with Crippen molar-refractivity contribution in [3.05, 3.63) is 89.7 Å². The third-order valence-electron chi connectivity index (χ3n) is 6.13. The molecule has 4 rings (SSSR count). The zero-order chi connectivity index (χ0) is 28.3. The standard InChI is InChI=1S/C29H32ClN7O3/c1-4-37(5-2)18-20(3)29(38)33-16-23-15-27(40-36-23)24-17-31-19-34-28(24)35-22-9-10-26(25(30)14-22)39-13-11-21-8-6-7-12-32-21/h6-10,12,14-15,17,19H,3-5,11,13,16,18H2,1-2H3,(H,33,38)(H,31,34,35). The molecule has 0 aliphatic rings. The van der Waals surface area contributed by atoms with Gasteiger partial charge >= 0.3 is 0 Å². The maximum Gasteiger partial charge on any atom is 0.248 e. The van der Waals surface area contributed by atoms with Gasteiger partial charge in [0.15, 0.2) is 5.76 Å². The van der Waals surface area contributed by atoms with Gasteiger partial charge < -0.3 is 19.9 Å². The Morgan fingerprint density at radius 3 is 2.73 bits per heavy atom. The molecule has 0 bridgehead atoms. The van der Waals surface area contributed by atoms with E-state index in [4.69, 9.17) is 20.9 Å². The van der Waals surface area contributed by atoms with Crippen molar-refractivity contribution in [2.24, 2.45) is 0 Å². The molecule has 0 aliphatic heterocycles. The fraction of sp³-hybridized carbons (Fsp3) is 0.276. The van der Waals surface area contributed by atoms with Crippen LogP contribution < -0.4 is 15.4 Å². The van der Waals surface area contributed by atoms with E-state index in [-0.39, 0.29) is 12.5 Å². The summed E-state index contributed by atoms with van der Waals surface area (Å²) in [6.07, 6.45) is 5.49. The van der Waals surface area contributed by atoms with Crippen molar-refractivity contribution >= 4 is 29.0 Å². The lowest BCUT2D eigenvalue weighted by molar-refractivity contribution is -0.117. The van der Waals surface area contributed by atoms with Gasteiger partial charge in [0.2, 0.25) is 5.91 Å². The van der Waals surface area contributed by atoms with E-state index in [0.29, 0.717) is 64.4 Å². The van der Waals surface area contributed by atoms with Crippen LogP contribution in [0.25, 0.3) is 11.3 Å². The van der Waals surface area contributed by atoms with Crippen LogP contribution in [0.2, 0.25) is 5.02 Å². The van der Waals surface area contributed by atoms with Crippen molar-refractivity contribution in [3.63, 3.8) is 0 Å². The molecular weight excluding hydrogens is 530 g/mol. The largest absolute Gasteiger partial charge is 0.492 e. The normalized spacial score (nSPS) is 10.9. The lowest BCUT2D eigenvalue weighted by Gasteiger charge is -2.18. The average molecular weight is 562 g/mol. The second-order valence-electron chi connectivity index (χ2n) is 8.90. The van der Waals surface area contributed by atoms with E-state index in [1.807, 2.05) is 38.1 Å². The number of anilines is 2. The number of likely N-dealkylation sites (N-methyl/N-ethyl adjacent to an activating group) is 1. The van der Waals surface area contributed by atoms with Gasteiger partial charge in [0, 0.05) is 48.4 Å². The quantitative estimate of drug-likeness (QED) is 0.204. The number of carbonyl (C=O) groups is 1. The Morgan fingerprint density at radius 2 is 1.98 bits per heavy atom. The van der Waals surface area contributed by atoms with Crippen LogP contribution in [0.3, 0.4) is 0 Å². The predicted octanol–water partition coefficient (Wildman–Crippen LogP) is 5.06. The molecule has 10 nitrogen and oxygen atoms in total. The SMILES string of the molecule is C=C(CN(CC)CC)C(=O)NCc1cc(-c2cncnc2Nc2ccc(OCCc3ccccn3)c(Cl)c2)on1. The van der Waals surface area contributed by atoms with E-state index < -0.39 is 0 Å². The van der Waals surface area contributed by atoms with Crippen LogP contribution in [0.5, 0.6) is 5.75 Å². The summed E-state index contributed by atoms with van der Waals surface area (Å²) in [6.45, 7) is 10.9. The first kappa shape index (κ1) is 28.7.